The summed E-state index contributed by atoms with van der Waals surface area (Å²) < 4.78 is 10.8. The minimum atomic E-state index is -0.333. The lowest BCUT2D eigenvalue weighted by atomic mass is 10.2. The van der Waals surface area contributed by atoms with Gasteiger partial charge in [0.2, 0.25) is 5.75 Å². The molecule has 0 unspecified atom stereocenters. The van der Waals surface area contributed by atoms with E-state index < -0.39 is 0 Å². The summed E-state index contributed by atoms with van der Waals surface area (Å²) >= 11 is 0. The lowest BCUT2D eigenvalue weighted by Gasteiger charge is -2.20. The van der Waals surface area contributed by atoms with Gasteiger partial charge in [0.05, 0.1) is 13.7 Å². The molecule has 2 amide bonds. The molecule has 1 aliphatic rings. The van der Waals surface area contributed by atoms with Crippen LogP contribution < -0.4 is 30.7 Å². The molecule has 148 valence electrons. The number of urea groups is 1. The first kappa shape index (κ1) is 18.4. The molecule has 1 aliphatic heterocycles. The molecule has 0 bridgehead atoms. The predicted molar refractivity (Wildman–Crippen MR) is 111 cm³/mol. The Kier molecular flexibility index (Phi) is 5.28. The molecule has 0 radical (unpaired) electrons. The number of carbonyl (C=O) groups excluding carboxylic acids is 1. The fraction of sp³-hybridized carbons (Fsp3) is 0.150. The first-order chi connectivity index (χ1) is 14.2. The van der Waals surface area contributed by atoms with Crippen LogP contribution in [0.1, 0.15) is 0 Å². The summed E-state index contributed by atoms with van der Waals surface area (Å²) in [6.07, 6.45) is 1.47. The third-order valence-corrected chi connectivity index (χ3v) is 4.20. The molecule has 0 saturated carbocycles. The number of rotatable bonds is 5. The zero-order valence-corrected chi connectivity index (χ0v) is 15.7. The Morgan fingerprint density at radius 3 is 2.34 bits per heavy atom. The molecule has 4 rings (SSSR count). The fourth-order valence-corrected chi connectivity index (χ4v) is 2.79. The SMILES string of the molecule is COc1ccc(NC(=O)Nc2ccc(Nc3ncnc4c3OCCN4)cc2)cc1. The topological polar surface area (TPSA) is 109 Å². The number of hydrogen-bond acceptors (Lipinski definition) is 7. The summed E-state index contributed by atoms with van der Waals surface area (Å²) in [4.78, 5) is 20.6. The fourth-order valence-electron chi connectivity index (χ4n) is 2.79. The Balaban J connectivity index is 1.37. The predicted octanol–water partition coefficient (Wildman–Crippen LogP) is 3.68. The minimum Gasteiger partial charge on any atom is -0.497 e. The zero-order valence-electron chi connectivity index (χ0n) is 15.7. The third kappa shape index (κ3) is 4.46. The van der Waals surface area contributed by atoms with Crippen LogP contribution in [0.3, 0.4) is 0 Å². The van der Waals surface area contributed by atoms with Gasteiger partial charge in [0.15, 0.2) is 11.6 Å². The second kappa shape index (κ2) is 8.34. The van der Waals surface area contributed by atoms with Gasteiger partial charge in [-0.2, -0.15) is 0 Å². The number of nitrogens with one attached hydrogen (secondary N) is 4. The highest BCUT2D eigenvalue weighted by molar-refractivity contribution is 5.99. The van der Waals surface area contributed by atoms with Gasteiger partial charge in [-0.05, 0) is 48.5 Å². The Labute approximate surface area is 167 Å². The van der Waals surface area contributed by atoms with Crippen LogP contribution in [0.15, 0.2) is 54.9 Å². The lowest BCUT2D eigenvalue weighted by Crippen LogP contribution is -2.20. The summed E-state index contributed by atoms with van der Waals surface area (Å²) in [5, 5.41) is 11.9. The zero-order chi connectivity index (χ0) is 20.1. The Morgan fingerprint density at radius 2 is 1.66 bits per heavy atom. The van der Waals surface area contributed by atoms with Crippen molar-refractivity contribution < 1.29 is 14.3 Å². The molecule has 0 fully saturated rings. The van der Waals surface area contributed by atoms with Crippen molar-refractivity contribution in [3.05, 3.63) is 54.9 Å². The van der Waals surface area contributed by atoms with Crippen LogP contribution in [-0.2, 0) is 0 Å². The maximum Gasteiger partial charge on any atom is 0.323 e. The number of ether oxygens (including phenoxy) is 2. The van der Waals surface area contributed by atoms with Crippen molar-refractivity contribution >= 4 is 34.7 Å². The number of hydrogen-bond donors (Lipinski definition) is 4. The quantitative estimate of drug-likeness (QED) is 0.524. The van der Waals surface area contributed by atoms with Crippen molar-refractivity contribution in [1.29, 1.82) is 0 Å². The number of amides is 2. The van der Waals surface area contributed by atoms with E-state index in [1.54, 1.807) is 43.5 Å². The van der Waals surface area contributed by atoms with Crippen LogP contribution in [-0.4, -0.2) is 36.3 Å². The molecule has 0 atom stereocenters. The van der Waals surface area contributed by atoms with Gasteiger partial charge in [-0.1, -0.05) is 0 Å². The summed E-state index contributed by atoms with van der Waals surface area (Å²) in [5.41, 5.74) is 2.13. The van der Waals surface area contributed by atoms with Crippen molar-refractivity contribution in [2.45, 2.75) is 0 Å². The standard InChI is InChI=1S/C20H20N6O3/c1-28-16-8-6-15(7-9-16)26-20(27)25-14-4-2-13(3-5-14)24-19-17-18(22-12-23-19)21-10-11-29-17/h2-9,12H,10-11H2,1H3,(H2,25,26,27)(H2,21,22,23,24). The van der Waals surface area contributed by atoms with Gasteiger partial charge in [0.25, 0.3) is 0 Å². The highest BCUT2D eigenvalue weighted by atomic mass is 16.5. The summed E-state index contributed by atoms with van der Waals surface area (Å²) in [5.74, 6) is 2.58. The Hall–Kier alpha value is -4.01. The molecule has 0 aliphatic carbocycles. The molecule has 2 aromatic carbocycles. The number of carbonyl (C=O) groups is 1. The van der Waals surface area contributed by atoms with Crippen molar-refractivity contribution in [3.8, 4) is 11.5 Å². The molecule has 2 heterocycles. The molecular weight excluding hydrogens is 372 g/mol. The van der Waals surface area contributed by atoms with Gasteiger partial charge >= 0.3 is 6.03 Å². The van der Waals surface area contributed by atoms with Crippen LogP contribution in [0, 0.1) is 0 Å². The number of anilines is 5. The number of fused-ring (bicyclic) bond motifs is 1. The summed E-state index contributed by atoms with van der Waals surface area (Å²) in [6.45, 7) is 1.27. The second-order valence-corrected chi connectivity index (χ2v) is 6.19. The first-order valence-electron chi connectivity index (χ1n) is 9.02. The second-order valence-electron chi connectivity index (χ2n) is 6.19. The molecule has 0 spiro atoms. The van der Waals surface area contributed by atoms with Gasteiger partial charge in [0.1, 0.15) is 18.7 Å². The number of nitrogens with zero attached hydrogens (tertiary/aromatic N) is 2. The molecule has 9 heteroatoms. The first-order valence-corrected chi connectivity index (χ1v) is 9.02. The maximum atomic E-state index is 12.2. The summed E-state index contributed by atoms with van der Waals surface area (Å²) in [7, 11) is 1.59. The van der Waals surface area contributed by atoms with Crippen molar-refractivity contribution in [1.82, 2.24) is 9.97 Å². The number of aromatic nitrogens is 2. The van der Waals surface area contributed by atoms with E-state index in [1.165, 1.54) is 6.33 Å². The van der Waals surface area contributed by atoms with E-state index in [4.69, 9.17) is 9.47 Å². The molecule has 1 aromatic heterocycles. The Bertz CT molecular complexity index is 992. The third-order valence-electron chi connectivity index (χ3n) is 4.20. The van der Waals surface area contributed by atoms with E-state index in [0.29, 0.717) is 41.9 Å². The molecule has 4 N–H and O–H groups in total. The van der Waals surface area contributed by atoms with E-state index in [2.05, 4.69) is 31.2 Å². The molecule has 29 heavy (non-hydrogen) atoms. The lowest BCUT2D eigenvalue weighted by molar-refractivity contribution is 0.262. The molecular formula is C20H20N6O3. The maximum absolute atomic E-state index is 12.2. The van der Waals surface area contributed by atoms with Gasteiger partial charge in [-0.25, -0.2) is 14.8 Å². The normalized spacial score (nSPS) is 12.0. The smallest absolute Gasteiger partial charge is 0.323 e. The van der Waals surface area contributed by atoms with E-state index in [1.807, 2.05) is 12.1 Å². The highest BCUT2D eigenvalue weighted by Crippen LogP contribution is 2.33. The number of benzene rings is 2. The molecule has 3 aromatic rings. The van der Waals surface area contributed by atoms with Crippen molar-refractivity contribution in [2.24, 2.45) is 0 Å². The van der Waals surface area contributed by atoms with Crippen LogP contribution in [0.4, 0.5) is 33.5 Å². The van der Waals surface area contributed by atoms with Crippen molar-refractivity contribution in [2.75, 3.05) is 41.5 Å². The van der Waals surface area contributed by atoms with Gasteiger partial charge in [0, 0.05) is 17.1 Å². The summed E-state index contributed by atoms with van der Waals surface area (Å²) in [6, 6.07) is 14.0. The minimum absolute atomic E-state index is 0.333. The van der Waals surface area contributed by atoms with E-state index in [0.717, 1.165) is 11.4 Å². The largest absolute Gasteiger partial charge is 0.497 e. The van der Waals surface area contributed by atoms with Gasteiger partial charge in [-0.15, -0.1) is 0 Å². The monoisotopic (exact) mass is 392 g/mol. The average Bonchev–Trinajstić information content (AvgIpc) is 2.76. The van der Waals surface area contributed by atoms with Crippen molar-refractivity contribution in [3.63, 3.8) is 0 Å². The van der Waals surface area contributed by atoms with Gasteiger partial charge in [-0.3, -0.25) is 0 Å². The van der Waals surface area contributed by atoms with Crippen LogP contribution >= 0.6 is 0 Å². The highest BCUT2D eigenvalue weighted by Gasteiger charge is 2.16. The van der Waals surface area contributed by atoms with E-state index in [-0.39, 0.29) is 6.03 Å². The van der Waals surface area contributed by atoms with Crippen LogP contribution in [0.25, 0.3) is 0 Å². The van der Waals surface area contributed by atoms with Gasteiger partial charge < -0.3 is 30.7 Å². The van der Waals surface area contributed by atoms with Crippen LogP contribution in [0.5, 0.6) is 11.5 Å². The number of methoxy groups -OCH3 is 1. The average molecular weight is 392 g/mol. The van der Waals surface area contributed by atoms with E-state index in [9.17, 15) is 4.79 Å². The molecule has 9 nitrogen and oxygen atoms in total. The molecule has 0 saturated heterocycles. The Morgan fingerprint density at radius 1 is 1.00 bits per heavy atom. The van der Waals surface area contributed by atoms with Crippen LogP contribution in [0.2, 0.25) is 0 Å². The van der Waals surface area contributed by atoms with E-state index >= 15 is 0 Å².